The molecule has 16 heavy (non-hydrogen) atoms. The Labute approximate surface area is 96.8 Å². The number of aromatic nitrogens is 1. The van der Waals surface area contributed by atoms with Crippen molar-refractivity contribution in [2.75, 3.05) is 13.1 Å². The summed E-state index contributed by atoms with van der Waals surface area (Å²) in [5, 5.41) is 11.0. The third kappa shape index (κ3) is 2.44. The van der Waals surface area contributed by atoms with Crippen molar-refractivity contribution in [3.8, 4) is 0 Å². The van der Waals surface area contributed by atoms with Crippen LogP contribution in [0.3, 0.4) is 0 Å². The van der Waals surface area contributed by atoms with Gasteiger partial charge in [0, 0.05) is 24.2 Å². The molecule has 0 radical (unpaired) electrons. The van der Waals surface area contributed by atoms with Gasteiger partial charge in [-0.05, 0) is 40.2 Å². The summed E-state index contributed by atoms with van der Waals surface area (Å²) < 4.78 is 5.18. The highest BCUT2D eigenvalue weighted by molar-refractivity contribution is 5.24. The molecule has 0 aliphatic carbocycles. The number of rotatable bonds is 4. The fraction of sp³-hybridized carbons (Fsp3) is 0.750. The van der Waals surface area contributed by atoms with Crippen LogP contribution in [0.25, 0.3) is 0 Å². The minimum atomic E-state index is 0.314. The van der Waals surface area contributed by atoms with Gasteiger partial charge in [-0.1, -0.05) is 5.16 Å². The first kappa shape index (κ1) is 11.6. The first-order chi connectivity index (χ1) is 7.68. The molecule has 2 heterocycles. The predicted molar refractivity (Wildman–Crippen MR) is 63.4 cm³/mol. The molecule has 4 nitrogen and oxygen atoms in total. The van der Waals surface area contributed by atoms with E-state index in [0.29, 0.717) is 12.1 Å². The summed E-state index contributed by atoms with van der Waals surface area (Å²) in [4.78, 5) is 0. The van der Waals surface area contributed by atoms with E-state index in [1.54, 1.807) is 0 Å². The topological polar surface area (TPSA) is 50.1 Å². The highest BCUT2D eigenvalue weighted by Gasteiger charge is 2.18. The van der Waals surface area contributed by atoms with E-state index in [4.69, 9.17) is 4.52 Å². The second-order valence-electron chi connectivity index (χ2n) is 4.66. The largest absolute Gasteiger partial charge is 0.361 e. The van der Waals surface area contributed by atoms with Gasteiger partial charge < -0.3 is 15.2 Å². The minimum Gasteiger partial charge on any atom is -0.361 e. The van der Waals surface area contributed by atoms with Crippen molar-refractivity contribution in [2.24, 2.45) is 0 Å². The van der Waals surface area contributed by atoms with Crippen molar-refractivity contribution in [1.29, 1.82) is 0 Å². The molecule has 0 aromatic carbocycles. The number of hydrogen-bond acceptors (Lipinski definition) is 4. The minimum absolute atomic E-state index is 0.314. The van der Waals surface area contributed by atoms with Crippen LogP contribution in [0.1, 0.15) is 42.8 Å². The Morgan fingerprint density at radius 1 is 1.56 bits per heavy atom. The second kappa shape index (κ2) is 4.97. The first-order valence-corrected chi connectivity index (χ1v) is 6.08. The zero-order valence-electron chi connectivity index (χ0n) is 10.3. The smallest absolute Gasteiger partial charge is 0.138 e. The fourth-order valence-electron chi connectivity index (χ4n) is 2.46. The monoisotopic (exact) mass is 223 g/mol. The Bertz CT molecular complexity index is 323. The summed E-state index contributed by atoms with van der Waals surface area (Å²) in [6.45, 7) is 8.32. The highest BCUT2D eigenvalue weighted by Crippen LogP contribution is 2.20. The van der Waals surface area contributed by atoms with Gasteiger partial charge in [0.05, 0.1) is 5.69 Å². The summed E-state index contributed by atoms with van der Waals surface area (Å²) in [5.74, 6) is 0.928. The van der Waals surface area contributed by atoms with Gasteiger partial charge in [-0.2, -0.15) is 0 Å². The lowest BCUT2D eigenvalue weighted by molar-refractivity contribution is 0.390. The SMILES string of the molecule is Cc1noc(C)c1C(C)NCC1CCCN1. The first-order valence-electron chi connectivity index (χ1n) is 6.08. The summed E-state index contributed by atoms with van der Waals surface area (Å²) in [6, 6.07) is 0.941. The van der Waals surface area contributed by atoms with Gasteiger partial charge in [-0.3, -0.25) is 0 Å². The van der Waals surface area contributed by atoms with Gasteiger partial charge in [0.2, 0.25) is 0 Å². The zero-order valence-corrected chi connectivity index (χ0v) is 10.3. The van der Waals surface area contributed by atoms with Crippen molar-refractivity contribution < 1.29 is 4.52 Å². The molecular formula is C12H21N3O. The van der Waals surface area contributed by atoms with Gasteiger partial charge in [0.1, 0.15) is 5.76 Å². The summed E-state index contributed by atoms with van der Waals surface area (Å²) >= 11 is 0. The molecule has 2 unspecified atom stereocenters. The lowest BCUT2D eigenvalue weighted by atomic mass is 10.1. The van der Waals surface area contributed by atoms with Crippen LogP contribution >= 0.6 is 0 Å². The molecule has 1 aliphatic rings. The van der Waals surface area contributed by atoms with E-state index in [-0.39, 0.29) is 0 Å². The number of nitrogens with zero attached hydrogens (tertiary/aromatic N) is 1. The molecule has 1 aromatic rings. The van der Waals surface area contributed by atoms with Crippen LogP contribution < -0.4 is 10.6 Å². The molecule has 0 bridgehead atoms. The van der Waals surface area contributed by atoms with Gasteiger partial charge in [-0.25, -0.2) is 0 Å². The van der Waals surface area contributed by atoms with Crippen LogP contribution in [0, 0.1) is 13.8 Å². The van der Waals surface area contributed by atoms with Crippen molar-refractivity contribution in [2.45, 2.75) is 45.7 Å². The molecular weight excluding hydrogens is 202 g/mol. The van der Waals surface area contributed by atoms with E-state index in [9.17, 15) is 0 Å². The van der Waals surface area contributed by atoms with Crippen LogP contribution in [0.2, 0.25) is 0 Å². The summed E-state index contributed by atoms with van der Waals surface area (Å²) in [6.07, 6.45) is 2.58. The molecule has 0 spiro atoms. The van der Waals surface area contributed by atoms with Crippen molar-refractivity contribution in [3.63, 3.8) is 0 Å². The molecule has 2 rings (SSSR count). The summed E-state index contributed by atoms with van der Waals surface area (Å²) in [5.41, 5.74) is 2.20. The Kier molecular flexibility index (Phi) is 3.61. The van der Waals surface area contributed by atoms with Crippen LogP contribution in [-0.4, -0.2) is 24.3 Å². The molecule has 2 N–H and O–H groups in total. The van der Waals surface area contributed by atoms with Crippen molar-refractivity contribution in [1.82, 2.24) is 15.8 Å². The van der Waals surface area contributed by atoms with Crippen LogP contribution in [-0.2, 0) is 0 Å². The summed E-state index contributed by atoms with van der Waals surface area (Å²) in [7, 11) is 0. The lowest BCUT2D eigenvalue weighted by Gasteiger charge is -2.17. The Morgan fingerprint density at radius 2 is 2.38 bits per heavy atom. The standard InChI is InChI=1S/C12H21N3O/c1-8(12-9(2)15-16-10(12)3)14-7-11-5-4-6-13-11/h8,11,13-14H,4-7H2,1-3H3. The average molecular weight is 223 g/mol. The molecule has 0 amide bonds. The van der Waals surface area contributed by atoms with E-state index < -0.39 is 0 Å². The van der Waals surface area contributed by atoms with Crippen LogP contribution in [0.5, 0.6) is 0 Å². The van der Waals surface area contributed by atoms with E-state index in [1.807, 2.05) is 13.8 Å². The van der Waals surface area contributed by atoms with Crippen molar-refractivity contribution in [3.05, 3.63) is 17.0 Å². The fourth-order valence-corrected chi connectivity index (χ4v) is 2.46. The third-order valence-corrected chi connectivity index (χ3v) is 3.35. The molecule has 1 saturated heterocycles. The number of aryl methyl sites for hydroxylation is 2. The van der Waals surface area contributed by atoms with Gasteiger partial charge in [-0.15, -0.1) is 0 Å². The Balaban J connectivity index is 1.89. The average Bonchev–Trinajstić information content (AvgIpc) is 2.86. The Morgan fingerprint density at radius 3 is 2.94 bits per heavy atom. The van der Waals surface area contributed by atoms with Gasteiger partial charge in [0.25, 0.3) is 0 Å². The number of nitrogens with one attached hydrogen (secondary N) is 2. The van der Waals surface area contributed by atoms with E-state index in [0.717, 1.165) is 24.5 Å². The van der Waals surface area contributed by atoms with Crippen molar-refractivity contribution >= 4 is 0 Å². The van der Waals surface area contributed by atoms with Crippen LogP contribution in [0.4, 0.5) is 0 Å². The van der Waals surface area contributed by atoms with E-state index in [1.165, 1.54) is 18.4 Å². The maximum Gasteiger partial charge on any atom is 0.138 e. The van der Waals surface area contributed by atoms with Gasteiger partial charge >= 0.3 is 0 Å². The normalized spacial score (nSPS) is 22.6. The molecule has 4 heteroatoms. The molecule has 2 atom stereocenters. The zero-order chi connectivity index (χ0) is 11.5. The Hall–Kier alpha value is -0.870. The molecule has 1 fully saturated rings. The van der Waals surface area contributed by atoms with Gasteiger partial charge in [0.15, 0.2) is 0 Å². The molecule has 0 saturated carbocycles. The van der Waals surface area contributed by atoms with E-state index >= 15 is 0 Å². The molecule has 90 valence electrons. The highest BCUT2D eigenvalue weighted by atomic mass is 16.5. The quantitative estimate of drug-likeness (QED) is 0.815. The van der Waals surface area contributed by atoms with E-state index in [2.05, 4.69) is 22.7 Å². The lowest BCUT2D eigenvalue weighted by Crippen LogP contribution is -2.35. The second-order valence-corrected chi connectivity index (χ2v) is 4.66. The molecule has 1 aliphatic heterocycles. The number of hydrogen-bond donors (Lipinski definition) is 2. The van der Waals surface area contributed by atoms with Crippen LogP contribution in [0.15, 0.2) is 4.52 Å². The maximum absolute atomic E-state index is 5.18. The maximum atomic E-state index is 5.18. The predicted octanol–water partition coefficient (Wildman–Crippen LogP) is 1.69. The molecule has 1 aromatic heterocycles. The third-order valence-electron chi connectivity index (χ3n) is 3.35.